The van der Waals surface area contributed by atoms with Crippen LogP contribution in [-0.2, 0) is 13.0 Å². The van der Waals surface area contributed by atoms with Crippen LogP contribution < -0.4 is 9.41 Å². The second-order valence-electron chi connectivity index (χ2n) is 6.75. The molecule has 3 unspecified atom stereocenters. The van der Waals surface area contributed by atoms with Crippen LogP contribution in [0.1, 0.15) is 21.5 Å². The molecule has 0 aliphatic carbocycles. The van der Waals surface area contributed by atoms with E-state index in [0.29, 0.717) is 24.0 Å². The Labute approximate surface area is 166 Å². The number of ether oxygens (including phenoxy) is 1. The predicted molar refractivity (Wildman–Crippen MR) is 112 cm³/mol. The topological polar surface area (TPSA) is 82.4 Å². The Bertz CT molecular complexity index is 877. The van der Waals surface area contributed by atoms with Crippen LogP contribution in [0.2, 0.25) is 0 Å². The van der Waals surface area contributed by atoms with Crippen molar-refractivity contribution in [1.29, 1.82) is 0 Å². The van der Waals surface area contributed by atoms with Crippen LogP contribution >= 0.6 is 8.73 Å². The van der Waals surface area contributed by atoms with Gasteiger partial charge >= 0.3 is 0 Å². The molecule has 1 aliphatic rings. The number of hydrogen-bond donors (Lipinski definition) is 1. The summed E-state index contributed by atoms with van der Waals surface area (Å²) in [5, 5.41) is 14.2. The third-order valence-electron chi connectivity index (χ3n) is 5.20. The number of benzene rings is 2. The molecule has 1 N–H and O–H groups in total. The van der Waals surface area contributed by atoms with E-state index in [1.54, 1.807) is 4.67 Å². The largest absolute Gasteiger partial charge is 0.494 e. The van der Waals surface area contributed by atoms with Crippen molar-refractivity contribution in [2.45, 2.75) is 25.2 Å². The first-order chi connectivity index (χ1) is 13.5. The number of aldehydes is 1. The third-order valence-corrected chi connectivity index (χ3v) is 6.18. The molecule has 0 spiro atoms. The highest BCUT2D eigenvalue weighted by Gasteiger charge is 2.33. The van der Waals surface area contributed by atoms with Crippen molar-refractivity contribution in [3.05, 3.63) is 58.0 Å². The SMILES string of the molecule is COc1cc(C=O)c(N(PC)C(O)C2Cc3ccccc3CN2C)cc1N=O. The van der Waals surface area contributed by atoms with Crippen molar-refractivity contribution in [3.8, 4) is 5.75 Å². The monoisotopic (exact) mass is 401 g/mol. The van der Waals surface area contributed by atoms with Crippen molar-refractivity contribution in [2.75, 3.05) is 25.5 Å². The number of aliphatic hydroxyl groups is 1. The smallest absolute Gasteiger partial charge is 0.152 e. The zero-order valence-electron chi connectivity index (χ0n) is 16.1. The average Bonchev–Trinajstić information content (AvgIpc) is 2.73. The Balaban J connectivity index is 1.97. The van der Waals surface area contributed by atoms with Crippen molar-refractivity contribution in [3.63, 3.8) is 0 Å². The van der Waals surface area contributed by atoms with Crippen LogP contribution in [-0.4, -0.2) is 49.4 Å². The molecule has 3 rings (SSSR count). The lowest BCUT2D eigenvalue weighted by Crippen LogP contribution is -2.51. The highest BCUT2D eigenvalue weighted by Crippen LogP contribution is 2.40. The average molecular weight is 401 g/mol. The molecule has 1 heterocycles. The molecule has 0 amide bonds. The summed E-state index contributed by atoms with van der Waals surface area (Å²) in [4.78, 5) is 25.0. The Morgan fingerprint density at radius 1 is 1.36 bits per heavy atom. The zero-order chi connectivity index (χ0) is 20.3. The third kappa shape index (κ3) is 3.78. The molecule has 7 nitrogen and oxygen atoms in total. The second-order valence-corrected chi connectivity index (χ2v) is 7.68. The van der Waals surface area contributed by atoms with Crippen LogP contribution in [0.3, 0.4) is 0 Å². The molecule has 0 saturated carbocycles. The fourth-order valence-corrected chi connectivity index (χ4v) is 4.56. The number of nitroso groups, excluding NO2 is 1. The molecule has 0 aromatic heterocycles. The second kappa shape index (κ2) is 8.78. The van der Waals surface area contributed by atoms with E-state index in [4.69, 9.17) is 4.74 Å². The van der Waals surface area contributed by atoms with Gasteiger partial charge in [0.15, 0.2) is 12.0 Å². The summed E-state index contributed by atoms with van der Waals surface area (Å²) in [5.41, 5.74) is 3.39. The number of fused-ring (bicyclic) bond motifs is 1. The van der Waals surface area contributed by atoms with Gasteiger partial charge in [0.2, 0.25) is 0 Å². The minimum Gasteiger partial charge on any atom is -0.494 e. The summed E-state index contributed by atoms with van der Waals surface area (Å²) in [6.45, 7) is 2.66. The molecule has 148 valence electrons. The molecular weight excluding hydrogens is 377 g/mol. The van der Waals surface area contributed by atoms with Crippen molar-refractivity contribution in [2.24, 2.45) is 5.18 Å². The summed E-state index contributed by atoms with van der Waals surface area (Å²) in [5.74, 6) is 0.235. The number of carbonyl (C=O) groups excluding carboxylic acids is 1. The van der Waals surface area contributed by atoms with Gasteiger partial charge < -0.3 is 14.5 Å². The quantitative estimate of drug-likeness (QED) is 0.332. The summed E-state index contributed by atoms with van der Waals surface area (Å²) in [7, 11) is 3.58. The van der Waals surface area contributed by atoms with E-state index in [1.807, 2.05) is 25.8 Å². The summed E-state index contributed by atoms with van der Waals surface area (Å²) in [6, 6.07) is 11.0. The van der Waals surface area contributed by atoms with Gasteiger partial charge in [-0.25, -0.2) is 0 Å². The number of anilines is 1. The van der Waals surface area contributed by atoms with Gasteiger partial charge in [-0.05, 0) is 57.3 Å². The van der Waals surface area contributed by atoms with E-state index in [2.05, 4.69) is 22.2 Å². The van der Waals surface area contributed by atoms with Crippen molar-refractivity contribution < 1.29 is 14.6 Å². The van der Waals surface area contributed by atoms with Gasteiger partial charge in [0, 0.05) is 12.1 Å². The molecule has 2 aromatic carbocycles. The lowest BCUT2D eigenvalue weighted by Gasteiger charge is -2.42. The Morgan fingerprint density at radius 3 is 2.68 bits per heavy atom. The number of hydrogen-bond acceptors (Lipinski definition) is 7. The van der Waals surface area contributed by atoms with Crippen LogP contribution in [0, 0.1) is 4.91 Å². The fourth-order valence-electron chi connectivity index (χ4n) is 3.69. The summed E-state index contributed by atoms with van der Waals surface area (Å²) in [6.07, 6.45) is 0.542. The van der Waals surface area contributed by atoms with E-state index in [-0.39, 0.29) is 26.2 Å². The molecular formula is C20H24N3O4P. The first-order valence-corrected chi connectivity index (χ1v) is 10.4. The summed E-state index contributed by atoms with van der Waals surface area (Å²) >= 11 is 0. The lowest BCUT2D eigenvalue weighted by atomic mass is 9.93. The summed E-state index contributed by atoms with van der Waals surface area (Å²) < 4.78 is 6.90. The Hall–Kier alpha value is -2.34. The van der Waals surface area contributed by atoms with Gasteiger partial charge in [-0.15, -0.1) is 4.91 Å². The molecule has 0 bridgehead atoms. The first kappa shape index (κ1) is 20.4. The Morgan fingerprint density at radius 2 is 2.07 bits per heavy atom. The van der Waals surface area contributed by atoms with Gasteiger partial charge in [0.05, 0.1) is 18.8 Å². The highest BCUT2D eigenvalue weighted by atomic mass is 31.1. The molecule has 3 atom stereocenters. The van der Waals surface area contributed by atoms with E-state index < -0.39 is 6.23 Å². The minimum atomic E-state index is -0.853. The first-order valence-electron chi connectivity index (χ1n) is 8.96. The fraction of sp³-hybridized carbons (Fsp3) is 0.350. The molecule has 0 saturated heterocycles. The van der Waals surface area contributed by atoms with Crippen LogP contribution in [0.5, 0.6) is 5.75 Å². The van der Waals surface area contributed by atoms with Gasteiger partial charge in [0.1, 0.15) is 12.0 Å². The van der Waals surface area contributed by atoms with Gasteiger partial charge in [0.25, 0.3) is 0 Å². The van der Waals surface area contributed by atoms with E-state index in [1.165, 1.54) is 30.4 Å². The number of rotatable bonds is 7. The molecule has 8 heteroatoms. The number of aliphatic hydroxyl groups excluding tert-OH is 1. The molecule has 2 aromatic rings. The molecule has 28 heavy (non-hydrogen) atoms. The van der Waals surface area contributed by atoms with E-state index >= 15 is 0 Å². The van der Waals surface area contributed by atoms with Crippen LogP contribution in [0.25, 0.3) is 0 Å². The van der Waals surface area contributed by atoms with Gasteiger partial charge in [-0.2, -0.15) is 0 Å². The Kier molecular flexibility index (Phi) is 6.39. The maximum atomic E-state index is 11.7. The van der Waals surface area contributed by atoms with Crippen molar-refractivity contribution >= 4 is 26.4 Å². The molecule has 0 radical (unpaired) electrons. The zero-order valence-corrected chi connectivity index (χ0v) is 17.1. The van der Waals surface area contributed by atoms with Gasteiger partial charge in [-0.1, -0.05) is 24.3 Å². The predicted octanol–water partition coefficient (Wildman–Crippen LogP) is 3.31. The maximum Gasteiger partial charge on any atom is 0.152 e. The standard InChI is InChI=1S/C20H24N3O4P/c1-22-11-14-7-5-4-6-13(14)8-18(22)20(25)23(28-3)17-10-16(21-26)19(27-2)9-15(17)12-24/h4-7,9-10,12,18,20,25,28H,8,11H2,1-3H3. The molecule has 0 fully saturated rings. The minimum absolute atomic E-state index is 0.0981. The van der Waals surface area contributed by atoms with Crippen LogP contribution in [0.15, 0.2) is 41.6 Å². The maximum absolute atomic E-state index is 11.7. The number of carbonyl (C=O) groups is 1. The molecule has 1 aliphatic heterocycles. The van der Waals surface area contributed by atoms with Crippen molar-refractivity contribution in [1.82, 2.24) is 4.90 Å². The van der Waals surface area contributed by atoms with Gasteiger partial charge in [-0.3, -0.25) is 9.69 Å². The highest BCUT2D eigenvalue weighted by molar-refractivity contribution is 7.39. The lowest BCUT2D eigenvalue weighted by molar-refractivity contribution is 0.0615. The number of likely N-dealkylation sites (N-methyl/N-ethyl adjacent to an activating group) is 1. The van der Waals surface area contributed by atoms with E-state index in [0.717, 1.165) is 6.54 Å². The van der Waals surface area contributed by atoms with E-state index in [9.17, 15) is 14.8 Å². The normalized spacial score (nSPS) is 17.9. The van der Waals surface area contributed by atoms with Crippen LogP contribution in [0.4, 0.5) is 11.4 Å². The number of methoxy groups -OCH3 is 1. The number of nitrogens with zero attached hydrogens (tertiary/aromatic N) is 3.